The normalized spacial score (nSPS) is 20.7. The molecule has 2 aliphatic rings. The quantitative estimate of drug-likeness (QED) is 0.562. The summed E-state index contributed by atoms with van der Waals surface area (Å²) in [6.45, 7) is 7.51. The molecule has 1 N–H and O–H groups in total. The molecule has 7 nitrogen and oxygen atoms in total. The molecule has 0 fully saturated rings. The molecular weight excluding hydrogens is 446 g/mol. The lowest BCUT2D eigenvalue weighted by Crippen LogP contribution is -2.36. The zero-order valence-corrected chi connectivity index (χ0v) is 19.6. The molecule has 0 saturated heterocycles. The summed E-state index contributed by atoms with van der Waals surface area (Å²) < 4.78 is 12.2. The van der Waals surface area contributed by atoms with Gasteiger partial charge in [-0.25, -0.2) is 0 Å². The Labute approximate surface area is 193 Å². The van der Waals surface area contributed by atoms with Crippen molar-refractivity contribution in [1.29, 1.82) is 0 Å². The highest BCUT2D eigenvalue weighted by molar-refractivity contribution is 7.23. The molecule has 5 rings (SSSR count). The number of carbonyl (C=O) groups is 2. The monoisotopic (exact) mass is 467 g/mol. The van der Waals surface area contributed by atoms with Gasteiger partial charge in [0.1, 0.15) is 23.2 Å². The van der Waals surface area contributed by atoms with Crippen LogP contribution in [0.1, 0.15) is 54.0 Å². The number of ketones is 1. The van der Waals surface area contributed by atoms with Crippen LogP contribution in [0.25, 0.3) is 16.0 Å². The molecule has 2 unspecified atom stereocenters. The van der Waals surface area contributed by atoms with Crippen LogP contribution in [0.4, 0.5) is 5.13 Å². The smallest absolute Gasteiger partial charge is 0.261 e. The van der Waals surface area contributed by atoms with Gasteiger partial charge in [0.2, 0.25) is 5.13 Å². The van der Waals surface area contributed by atoms with Gasteiger partial charge in [0.15, 0.2) is 10.8 Å². The van der Waals surface area contributed by atoms with Crippen molar-refractivity contribution in [3.05, 3.63) is 46.3 Å². The van der Waals surface area contributed by atoms with E-state index in [0.29, 0.717) is 27.8 Å². The Morgan fingerprint density at radius 1 is 1.22 bits per heavy atom. The molecule has 0 spiro atoms. The van der Waals surface area contributed by atoms with Gasteiger partial charge in [-0.2, -0.15) is 0 Å². The van der Waals surface area contributed by atoms with E-state index in [1.54, 1.807) is 17.4 Å². The molecule has 9 heteroatoms. The molecule has 3 aromatic rings. The van der Waals surface area contributed by atoms with Crippen LogP contribution in [0.3, 0.4) is 0 Å². The zero-order valence-electron chi connectivity index (χ0n) is 18.0. The van der Waals surface area contributed by atoms with E-state index in [4.69, 9.17) is 9.47 Å². The Morgan fingerprint density at radius 2 is 2.03 bits per heavy atom. The minimum absolute atomic E-state index is 0.0512. The van der Waals surface area contributed by atoms with Crippen LogP contribution >= 0.6 is 22.7 Å². The van der Waals surface area contributed by atoms with Gasteiger partial charge in [-0.15, -0.1) is 21.5 Å². The summed E-state index contributed by atoms with van der Waals surface area (Å²) >= 11 is 2.85. The number of aromatic nitrogens is 2. The van der Waals surface area contributed by atoms with Crippen molar-refractivity contribution in [2.75, 3.05) is 5.32 Å². The molecule has 2 aromatic heterocycles. The average molecular weight is 468 g/mol. The number of ether oxygens (including phenoxy) is 2. The minimum Gasteiger partial charge on any atom is -0.488 e. The van der Waals surface area contributed by atoms with Crippen molar-refractivity contribution in [1.82, 2.24) is 10.2 Å². The van der Waals surface area contributed by atoms with Crippen molar-refractivity contribution in [3.63, 3.8) is 0 Å². The van der Waals surface area contributed by atoms with Crippen LogP contribution in [0.2, 0.25) is 0 Å². The molecule has 164 valence electrons. The van der Waals surface area contributed by atoms with E-state index in [1.807, 2.05) is 57.4 Å². The summed E-state index contributed by atoms with van der Waals surface area (Å²) in [6, 6.07) is 5.46. The number of anilines is 1. The topological polar surface area (TPSA) is 90.4 Å². The zero-order chi connectivity index (χ0) is 22.6. The lowest BCUT2D eigenvalue weighted by atomic mass is 9.87. The number of thiophene rings is 1. The van der Waals surface area contributed by atoms with Crippen LogP contribution in [0, 0.1) is 5.92 Å². The first-order chi connectivity index (χ1) is 15.2. The Hall–Kier alpha value is -3.04. The van der Waals surface area contributed by atoms with Gasteiger partial charge in [0.25, 0.3) is 5.91 Å². The molecule has 32 heavy (non-hydrogen) atoms. The molecule has 0 aliphatic carbocycles. The number of hydrogen-bond donors (Lipinski definition) is 1. The third-order valence-corrected chi connectivity index (χ3v) is 7.47. The maximum absolute atomic E-state index is 13.3. The predicted molar refractivity (Wildman–Crippen MR) is 125 cm³/mol. The van der Waals surface area contributed by atoms with Crippen molar-refractivity contribution in [3.8, 4) is 21.4 Å². The number of nitrogens with zero attached hydrogens (tertiary/aromatic N) is 2. The third-order valence-electron chi connectivity index (χ3n) is 5.59. The molecule has 0 saturated carbocycles. The van der Waals surface area contributed by atoms with Gasteiger partial charge < -0.3 is 9.47 Å². The van der Waals surface area contributed by atoms with Crippen molar-refractivity contribution < 1.29 is 19.1 Å². The van der Waals surface area contributed by atoms with E-state index in [2.05, 4.69) is 15.5 Å². The first-order valence-electron chi connectivity index (χ1n) is 10.2. The number of fused-ring (bicyclic) bond motifs is 3. The summed E-state index contributed by atoms with van der Waals surface area (Å²) in [4.78, 5) is 27.3. The summed E-state index contributed by atoms with van der Waals surface area (Å²) in [5.41, 5.74) is 0.658. The number of benzene rings is 1. The molecular formula is C23H21N3O4S2. The standard InChI is InChI=1S/C23H21N3O4S2/c1-11-12(2)29-18-13-7-8-23(3,4)30-19(13)15(10-14(18)17(11)27)20(28)24-22-26-25-21(32-22)16-6-5-9-31-16/h5-12H,1-4H3,(H,24,26,28). The van der Waals surface area contributed by atoms with Crippen LogP contribution in [-0.2, 0) is 0 Å². The maximum Gasteiger partial charge on any atom is 0.261 e. The molecule has 1 amide bonds. The van der Waals surface area contributed by atoms with E-state index >= 15 is 0 Å². The Balaban J connectivity index is 1.56. The number of rotatable bonds is 3. The van der Waals surface area contributed by atoms with Crippen LogP contribution in [0.5, 0.6) is 11.5 Å². The number of nitrogens with one attached hydrogen (secondary N) is 1. The van der Waals surface area contributed by atoms with Gasteiger partial charge in [-0.3, -0.25) is 14.9 Å². The first-order valence-corrected chi connectivity index (χ1v) is 11.9. The highest BCUT2D eigenvalue weighted by Crippen LogP contribution is 2.45. The second-order valence-electron chi connectivity index (χ2n) is 8.40. The average Bonchev–Trinajstić information content (AvgIpc) is 3.43. The van der Waals surface area contributed by atoms with Gasteiger partial charge in [0, 0.05) is 0 Å². The van der Waals surface area contributed by atoms with Crippen LogP contribution < -0.4 is 14.8 Å². The number of carbonyl (C=O) groups excluding carboxylic acids is 2. The molecule has 1 aromatic carbocycles. The summed E-state index contributed by atoms with van der Waals surface area (Å²) in [7, 11) is 0. The third kappa shape index (κ3) is 3.51. The Morgan fingerprint density at radius 3 is 2.78 bits per heavy atom. The van der Waals surface area contributed by atoms with E-state index in [0.717, 1.165) is 9.88 Å². The fourth-order valence-electron chi connectivity index (χ4n) is 3.67. The fourth-order valence-corrected chi connectivity index (χ4v) is 5.20. The minimum atomic E-state index is -0.608. The largest absolute Gasteiger partial charge is 0.488 e. The fraction of sp³-hybridized carbons (Fsp3) is 0.304. The lowest BCUT2D eigenvalue weighted by Gasteiger charge is -2.34. The highest BCUT2D eigenvalue weighted by Gasteiger charge is 2.38. The predicted octanol–water partition coefficient (Wildman–Crippen LogP) is 5.30. The molecule has 4 heterocycles. The van der Waals surface area contributed by atoms with Gasteiger partial charge >= 0.3 is 0 Å². The number of Topliss-reactive ketones (excluding diaryl/α,β-unsaturated/α-hetero) is 1. The molecule has 2 atom stereocenters. The second kappa shape index (κ2) is 7.53. The van der Waals surface area contributed by atoms with Gasteiger partial charge in [-0.05, 0) is 50.4 Å². The molecule has 2 aliphatic heterocycles. The van der Waals surface area contributed by atoms with Gasteiger partial charge in [-0.1, -0.05) is 24.3 Å². The molecule has 0 bridgehead atoms. The lowest BCUT2D eigenvalue weighted by molar-refractivity contribution is 0.0726. The van der Waals surface area contributed by atoms with Crippen LogP contribution in [-0.4, -0.2) is 33.6 Å². The van der Waals surface area contributed by atoms with E-state index in [9.17, 15) is 9.59 Å². The highest BCUT2D eigenvalue weighted by atomic mass is 32.1. The van der Waals surface area contributed by atoms with Gasteiger partial charge in [0.05, 0.1) is 27.5 Å². The second-order valence-corrected chi connectivity index (χ2v) is 10.3. The summed E-state index contributed by atoms with van der Waals surface area (Å²) in [5.74, 6) is 0.0897. The van der Waals surface area contributed by atoms with E-state index < -0.39 is 11.5 Å². The SMILES string of the molecule is CC1Oc2c(cc(C(=O)Nc3nnc(-c4cccs4)s3)c3c2C=CC(C)(C)O3)C(=O)C1C. The van der Waals surface area contributed by atoms with Crippen molar-refractivity contribution >= 4 is 45.6 Å². The van der Waals surface area contributed by atoms with Crippen LogP contribution in [0.15, 0.2) is 29.7 Å². The maximum atomic E-state index is 13.3. The summed E-state index contributed by atoms with van der Waals surface area (Å²) in [5, 5.41) is 14.1. The van der Waals surface area contributed by atoms with E-state index in [1.165, 1.54) is 11.3 Å². The Kier molecular flexibility index (Phi) is 4.90. The summed E-state index contributed by atoms with van der Waals surface area (Å²) in [6.07, 6.45) is 3.50. The van der Waals surface area contributed by atoms with Crippen molar-refractivity contribution in [2.24, 2.45) is 5.92 Å². The number of amides is 1. The van der Waals surface area contributed by atoms with E-state index in [-0.39, 0.29) is 23.4 Å². The number of hydrogen-bond acceptors (Lipinski definition) is 8. The first kappa shape index (κ1) is 20.8. The Bertz CT molecular complexity index is 1260. The van der Waals surface area contributed by atoms with Crippen molar-refractivity contribution in [2.45, 2.75) is 39.4 Å². The molecule has 0 radical (unpaired) electrons.